The van der Waals surface area contributed by atoms with E-state index in [0.717, 1.165) is 63.7 Å². The van der Waals surface area contributed by atoms with Gasteiger partial charge in [0.2, 0.25) is 11.9 Å². The molecule has 4 aliphatic rings. The zero-order chi connectivity index (χ0) is 42.4. The van der Waals surface area contributed by atoms with Crippen LogP contribution < -0.4 is 26.0 Å². The molecule has 4 aromatic heterocycles. The van der Waals surface area contributed by atoms with Crippen LogP contribution in [0.1, 0.15) is 46.7 Å². The molecule has 4 saturated heterocycles. The molecule has 59 heavy (non-hydrogen) atoms. The molecule has 21 heteroatoms. The number of carboxylic acids is 3. The van der Waals surface area contributed by atoms with Crippen LogP contribution in [-0.4, -0.2) is 166 Å². The molecule has 0 saturated carbocycles. The molecule has 0 radical (unpaired) electrons. The molecule has 1 amide bonds. The van der Waals surface area contributed by atoms with E-state index >= 15 is 0 Å². The van der Waals surface area contributed by atoms with Crippen LogP contribution in [0.3, 0.4) is 0 Å². The Balaban J connectivity index is 0.000000172. The summed E-state index contributed by atoms with van der Waals surface area (Å²) >= 11 is 0. The second kappa shape index (κ2) is 21.0. The van der Waals surface area contributed by atoms with Gasteiger partial charge in [-0.25, -0.2) is 19.6 Å². The minimum Gasteiger partial charge on any atom is -0.539 e. The zero-order valence-electron chi connectivity index (χ0n) is 32.7. The van der Waals surface area contributed by atoms with E-state index in [0.29, 0.717) is 69.6 Å². The number of nitrogens with one attached hydrogen (secondary N) is 1. The summed E-state index contributed by atoms with van der Waals surface area (Å²) in [6, 6.07) is 11.2. The quantitative estimate of drug-likeness (QED) is 0.109. The number of ether oxygens (including phenoxy) is 4. The van der Waals surface area contributed by atoms with Gasteiger partial charge in [0.1, 0.15) is 5.54 Å². The molecular weight excluding hydrogens is 776 g/mol. The van der Waals surface area contributed by atoms with Crippen molar-refractivity contribution in [2.24, 2.45) is 0 Å². The maximum Gasteiger partial charge on any atom is 0.356 e. The number of carbonyl (C=O) groups excluding carboxylic acids is 2. The summed E-state index contributed by atoms with van der Waals surface area (Å²) in [5.41, 5.74) is 5.03. The lowest BCUT2D eigenvalue weighted by Crippen LogP contribution is -2.76. The van der Waals surface area contributed by atoms with Crippen LogP contribution in [0.4, 0.5) is 11.9 Å². The topological polar surface area (TPSA) is 290 Å². The number of amides is 1. The predicted molar refractivity (Wildman–Crippen MR) is 206 cm³/mol. The number of morpholine rings is 2. The molecule has 4 aromatic rings. The number of aliphatic hydroxyl groups is 2. The fourth-order valence-electron chi connectivity index (χ4n) is 6.69. The van der Waals surface area contributed by atoms with Gasteiger partial charge in [-0.3, -0.25) is 13.6 Å². The maximum atomic E-state index is 13.0. The first kappa shape index (κ1) is 44.7. The molecule has 0 bridgehead atoms. The monoisotopic (exact) mass is 828 g/mol. The molecule has 4 fully saturated rings. The van der Waals surface area contributed by atoms with Crippen molar-refractivity contribution >= 4 is 46.7 Å². The van der Waals surface area contributed by atoms with E-state index in [1.807, 2.05) is 56.4 Å². The number of rotatable bonds is 7. The van der Waals surface area contributed by atoms with Crippen molar-refractivity contribution in [3.63, 3.8) is 0 Å². The Bertz CT molecular complexity index is 2000. The highest BCUT2D eigenvalue weighted by atomic mass is 16.5. The Morgan fingerprint density at radius 2 is 1.10 bits per heavy atom. The number of hydrogen-bond acceptors (Lipinski definition) is 15. The zero-order valence-corrected chi connectivity index (χ0v) is 32.7. The van der Waals surface area contributed by atoms with E-state index < -0.39 is 23.4 Å². The SMILES string of the molecule is O=C(NC1(CO)CCOCC1)c1nc(N2CCOCC2)n2ccccc12.O=C(O)c1nc(N2CCOCC2)n2ccccc12.O=C([O-])C(=O)O.[NH3+]C1(CO)CCOCC1. The van der Waals surface area contributed by atoms with Crippen LogP contribution in [-0.2, 0) is 28.5 Å². The van der Waals surface area contributed by atoms with Crippen molar-refractivity contribution in [1.29, 1.82) is 0 Å². The van der Waals surface area contributed by atoms with Gasteiger partial charge in [0.05, 0.1) is 69.4 Å². The lowest BCUT2D eigenvalue weighted by molar-refractivity contribution is -0.494. The van der Waals surface area contributed by atoms with Crippen molar-refractivity contribution in [2.45, 2.75) is 36.8 Å². The number of carbonyl (C=O) groups is 4. The van der Waals surface area contributed by atoms with Gasteiger partial charge in [-0.2, -0.15) is 0 Å². The van der Waals surface area contributed by atoms with Gasteiger partial charge in [-0.1, -0.05) is 12.1 Å². The van der Waals surface area contributed by atoms with E-state index in [-0.39, 0.29) is 30.4 Å². The van der Waals surface area contributed by atoms with Crippen molar-refractivity contribution < 1.29 is 69.4 Å². The van der Waals surface area contributed by atoms with E-state index in [4.69, 9.17) is 43.9 Å². The average molecular weight is 829 g/mol. The van der Waals surface area contributed by atoms with Gasteiger partial charge in [0.15, 0.2) is 17.4 Å². The number of imidazole rings is 2. The normalized spacial score (nSPS) is 18.6. The summed E-state index contributed by atoms with van der Waals surface area (Å²) in [7, 11) is 0. The molecule has 0 atom stereocenters. The standard InChI is InChI=1S/C18H24N4O4.C12H13N3O3.C6H13NO2.C2H2O4/c23-13-18(4-9-25-10-5-18)20-16(24)15-14-3-1-2-6-22(14)17(19-15)21-7-11-26-12-8-21;16-11(17)10-9-3-1-2-4-15(9)12(13-10)14-5-7-18-8-6-14;7-6(5-8)1-3-9-4-2-6;3-1(4)2(5)6/h1-3,6,23H,4-5,7-13H2,(H,20,24);1-4H,5-8H2,(H,16,17);8H,1-5,7H2;(H,3,4)(H,5,6). The fraction of sp³-hybridized carbons (Fsp3) is 0.526. The second-order valence-corrected chi connectivity index (χ2v) is 14.3. The summed E-state index contributed by atoms with van der Waals surface area (Å²) in [6.07, 6.45) is 6.72. The number of hydrogen-bond donors (Lipinski definition) is 6. The molecule has 8 N–H and O–H groups in total. The summed E-state index contributed by atoms with van der Waals surface area (Å²) in [4.78, 5) is 55.3. The molecule has 322 valence electrons. The van der Waals surface area contributed by atoms with E-state index in [2.05, 4.69) is 25.9 Å². The van der Waals surface area contributed by atoms with Crippen LogP contribution in [0.2, 0.25) is 0 Å². The van der Waals surface area contributed by atoms with Gasteiger partial charge in [-0.15, -0.1) is 0 Å². The van der Waals surface area contributed by atoms with Crippen molar-refractivity contribution in [3.05, 3.63) is 60.2 Å². The minimum absolute atomic E-state index is 0.0945. The number of nitrogens with zero attached hydrogens (tertiary/aromatic N) is 6. The van der Waals surface area contributed by atoms with Crippen LogP contribution in [0.15, 0.2) is 48.8 Å². The molecular formula is C38H52N8O13. The lowest BCUT2D eigenvalue weighted by Gasteiger charge is -2.36. The number of fused-ring (bicyclic) bond motifs is 2. The largest absolute Gasteiger partial charge is 0.539 e. The Hall–Kier alpha value is -5.42. The third-order valence-corrected chi connectivity index (χ3v) is 10.3. The van der Waals surface area contributed by atoms with Gasteiger partial charge < -0.3 is 70.1 Å². The van der Waals surface area contributed by atoms with Crippen LogP contribution in [0, 0.1) is 0 Å². The van der Waals surface area contributed by atoms with Gasteiger partial charge in [0.25, 0.3) is 5.91 Å². The second-order valence-electron chi connectivity index (χ2n) is 14.3. The fourth-order valence-corrected chi connectivity index (χ4v) is 6.69. The first-order valence-electron chi connectivity index (χ1n) is 19.2. The van der Waals surface area contributed by atoms with Crippen molar-refractivity contribution in [1.82, 2.24) is 24.1 Å². The highest BCUT2D eigenvalue weighted by molar-refractivity contribution is 6.26. The number of carboxylic acid groups (broad SMARTS) is 3. The molecule has 0 aliphatic carbocycles. The van der Waals surface area contributed by atoms with E-state index in [1.165, 1.54) is 0 Å². The number of pyridine rings is 2. The molecule has 8 heterocycles. The summed E-state index contributed by atoms with van der Waals surface area (Å²) in [5.74, 6) is -3.85. The first-order chi connectivity index (χ1) is 28.4. The summed E-state index contributed by atoms with van der Waals surface area (Å²) < 4.78 is 24.9. The number of quaternary nitrogens is 1. The lowest BCUT2D eigenvalue weighted by atomic mass is 9.91. The highest BCUT2D eigenvalue weighted by Crippen LogP contribution is 2.25. The van der Waals surface area contributed by atoms with E-state index in [1.54, 1.807) is 6.07 Å². The molecule has 0 aromatic carbocycles. The first-order valence-corrected chi connectivity index (χ1v) is 19.2. The average Bonchev–Trinajstić information content (AvgIpc) is 3.86. The Labute approximate surface area is 338 Å². The number of aliphatic carboxylic acids is 2. The van der Waals surface area contributed by atoms with Gasteiger partial charge in [-0.05, 0) is 37.1 Å². The van der Waals surface area contributed by atoms with Crippen molar-refractivity contribution in [3.8, 4) is 0 Å². The molecule has 21 nitrogen and oxygen atoms in total. The number of anilines is 2. The molecule has 0 spiro atoms. The third kappa shape index (κ3) is 11.6. The third-order valence-electron chi connectivity index (χ3n) is 10.3. The Kier molecular flexibility index (Phi) is 15.9. The molecule has 8 rings (SSSR count). The number of aliphatic hydroxyl groups excluding tert-OH is 2. The van der Waals surface area contributed by atoms with Gasteiger partial charge in [0, 0.05) is 64.6 Å². The smallest absolute Gasteiger partial charge is 0.356 e. The summed E-state index contributed by atoms with van der Waals surface area (Å²) in [5, 5.41) is 47.2. The highest BCUT2D eigenvalue weighted by Gasteiger charge is 2.35. The predicted octanol–water partition coefficient (Wildman–Crippen LogP) is -2.10. The van der Waals surface area contributed by atoms with Gasteiger partial charge >= 0.3 is 11.9 Å². The Morgan fingerprint density at radius 1 is 0.678 bits per heavy atom. The van der Waals surface area contributed by atoms with E-state index in [9.17, 15) is 19.8 Å². The minimum atomic E-state index is -2.07. The van der Waals surface area contributed by atoms with Crippen molar-refractivity contribution in [2.75, 3.05) is 102 Å². The summed E-state index contributed by atoms with van der Waals surface area (Å²) in [6.45, 7) is 8.19. The molecule has 0 unspecified atom stereocenters. The number of aromatic carboxylic acids is 1. The van der Waals surface area contributed by atoms with Crippen LogP contribution in [0.25, 0.3) is 11.0 Å². The maximum absolute atomic E-state index is 13.0. The van der Waals surface area contributed by atoms with Crippen LogP contribution in [0.5, 0.6) is 0 Å². The van der Waals surface area contributed by atoms with Crippen LogP contribution >= 0.6 is 0 Å². The number of aromatic nitrogens is 4. The molecule has 4 aliphatic heterocycles. The Morgan fingerprint density at radius 3 is 1.51 bits per heavy atom.